The van der Waals surface area contributed by atoms with Gasteiger partial charge in [-0.15, -0.1) is 0 Å². The topological polar surface area (TPSA) is 108 Å². The first-order chi connectivity index (χ1) is 38.0. The Morgan fingerprint density at radius 1 is 0.410 bits per heavy atom. The highest BCUT2D eigenvalue weighted by Crippen LogP contribution is 2.43. The molecule has 0 aliphatic carbocycles. The second-order valence-electron chi connectivity index (χ2n) is 23.1. The number of esters is 2. The highest BCUT2D eigenvalue weighted by atomic mass is 31.2. The summed E-state index contributed by atoms with van der Waals surface area (Å²) in [6.07, 6.45) is 78.7. The van der Waals surface area contributed by atoms with Crippen LogP contribution in [-0.2, 0) is 32.7 Å². The minimum Gasteiger partial charge on any atom is -0.462 e. The van der Waals surface area contributed by atoms with Crippen molar-refractivity contribution in [2.75, 3.05) is 47.5 Å². The highest BCUT2D eigenvalue weighted by molar-refractivity contribution is 7.47. The third kappa shape index (κ3) is 62.6. The van der Waals surface area contributed by atoms with Crippen molar-refractivity contribution in [3.63, 3.8) is 0 Å². The van der Waals surface area contributed by atoms with Crippen molar-refractivity contribution in [3.8, 4) is 0 Å². The van der Waals surface area contributed by atoms with E-state index in [1.54, 1.807) is 0 Å². The zero-order valence-electron chi connectivity index (χ0n) is 51.6. The normalized spacial score (nSPS) is 13.7. The molecule has 2 unspecified atom stereocenters. The van der Waals surface area contributed by atoms with E-state index in [0.29, 0.717) is 17.4 Å². The molecule has 1 N–H and O–H groups in total. The van der Waals surface area contributed by atoms with Gasteiger partial charge in [-0.3, -0.25) is 18.6 Å². The van der Waals surface area contributed by atoms with Gasteiger partial charge in [-0.2, -0.15) is 0 Å². The molecule has 78 heavy (non-hydrogen) atoms. The molecule has 0 aliphatic heterocycles. The molecule has 454 valence electrons. The van der Waals surface area contributed by atoms with Gasteiger partial charge in [-0.05, 0) is 83.5 Å². The molecule has 0 aromatic carbocycles. The number of phosphoric ester groups is 1. The van der Waals surface area contributed by atoms with E-state index < -0.39 is 26.5 Å². The molecule has 0 heterocycles. The van der Waals surface area contributed by atoms with Crippen molar-refractivity contribution in [1.29, 1.82) is 0 Å². The quantitative estimate of drug-likeness (QED) is 0.0211. The van der Waals surface area contributed by atoms with Crippen molar-refractivity contribution in [1.82, 2.24) is 0 Å². The predicted octanol–water partition coefficient (Wildman–Crippen LogP) is 20.8. The summed E-state index contributed by atoms with van der Waals surface area (Å²) in [5, 5.41) is 0. The lowest BCUT2D eigenvalue weighted by molar-refractivity contribution is -0.870. The number of rotatable bonds is 60. The predicted molar refractivity (Wildman–Crippen MR) is 335 cm³/mol. The van der Waals surface area contributed by atoms with Gasteiger partial charge in [0.05, 0.1) is 27.7 Å². The van der Waals surface area contributed by atoms with Gasteiger partial charge in [-0.25, -0.2) is 4.57 Å². The number of allylic oxidation sites excluding steroid dienone is 12. The largest absolute Gasteiger partial charge is 0.472 e. The molecule has 2 atom stereocenters. The summed E-state index contributed by atoms with van der Waals surface area (Å²) in [5.41, 5.74) is 0. The Balaban J connectivity index is 3.92. The Kier molecular flexibility index (Phi) is 57.2. The number of hydrogen-bond donors (Lipinski definition) is 1. The van der Waals surface area contributed by atoms with E-state index in [2.05, 4.69) is 86.8 Å². The molecule has 0 fully saturated rings. The molecule has 0 rings (SSSR count). The molecule has 10 heteroatoms. The van der Waals surface area contributed by atoms with Gasteiger partial charge in [0, 0.05) is 12.8 Å². The smallest absolute Gasteiger partial charge is 0.462 e. The standard InChI is InChI=1S/C68H124NO8P/c1-6-8-10-12-14-16-18-20-22-23-24-25-26-27-28-29-30-31-32-33-34-35-36-37-38-39-40-41-42-43-44-45-47-49-51-53-55-57-59-61-68(71)77-66(65-76-78(72,73)75-63-62-69(3,4)5)64-74-67(70)60-58-56-54-52-50-48-46-21-19-17-15-13-11-9-7-2/h8,10,14,16,20-22,24-25,27-28,46,66H,6-7,9,11-13,15,17-19,23,26,29-45,47-65H2,1-5H3/p+1/b10-8-,16-14-,22-20-,25-24-,28-27-,46-21-. The molecular formula is C68H125NO8P+. The van der Waals surface area contributed by atoms with Gasteiger partial charge in [0.25, 0.3) is 0 Å². The van der Waals surface area contributed by atoms with Gasteiger partial charge in [0.2, 0.25) is 0 Å². The lowest BCUT2D eigenvalue weighted by atomic mass is 10.0. The molecule has 0 amide bonds. The van der Waals surface area contributed by atoms with E-state index in [0.717, 1.165) is 83.5 Å². The van der Waals surface area contributed by atoms with E-state index in [1.807, 2.05) is 21.1 Å². The zero-order valence-corrected chi connectivity index (χ0v) is 52.5. The Labute approximate surface area is 482 Å². The van der Waals surface area contributed by atoms with Gasteiger partial charge < -0.3 is 18.9 Å². The van der Waals surface area contributed by atoms with Crippen LogP contribution in [0.4, 0.5) is 0 Å². The second kappa shape index (κ2) is 59.1. The fourth-order valence-corrected chi connectivity index (χ4v) is 9.96. The number of hydrogen-bond acceptors (Lipinski definition) is 7. The highest BCUT2D eigenvalue weighted by Gasteiger charge is 2.27. The summed E-state index contributed by atoms with van der Waals surface area (Å²) in [6.45, 7) is 4.33. The van der Waals surface area contributed by atoms with Crippen molar-refractivity contribution in [2.24, 2.45) is 0 Å². The van der Waals surface area contributed by atoms with Crippen molar-refractivity contribution in [3.05, 3.63) is 72.9 Å². The van der Waals surface area contributed by atoms with E-state index in [-0.39, 0.29) is 32.0 Å². The van der Waals surface area contributed by atoms with Crippen molar-refractivity contribution in [2.45, 2.75) is 302 Å². The Bertz CT molecular complexity index is 1550. The van der Waals surface area contributed by atoms with Crippen LogP contribution in [0.15, 0.2) is 72.9 Å². The molecule has 0 aliphatic rings. The monoisotopic (exact) mass is 1110 g/mol. The Morgan fingerprint density at radius 3 is 1.10 bits per heavy atom. The summed E-state index contributed by atoms with van der Waals surface area (Å²) in [4.78, 5) is 35.7. The minimum absolute atomic E-state index is 0.0310. The third-order valence-corrected chi connectivity index (χ3v) is 15.2. The maximum atomic E-state index is 12.8. The van der Waals surface area contributed by atoms with Crippen LogP contribution >= 0.6 is 7.82 Å². The van der Waals surface area contributed by atoms with Gasteiger partial charge in [-0.1, -0.05) is 273 Å². The average molecular weight is 1120 g/mol. The number of carbonyl (C=O) groups is 2. The maximum absolute atomic E-state index is 12.8. The number of unbranched alkanes of at least 4 members (excludes halogenated alkanes) is 34. The first kappa shape index (κ1) is 75.5. The number of ether oxygens (including phenoxy) is 2. The average Bonchev–Trinajstić information content (AvgIpc) is 3.41. The van der Waals surface area contributed by atoms with E-state index in [4.69, 9.17) is 18.5 Å². The van der Waals surface area contributed by atoms with Crippen LogP contribution in [0, 0.1) is 0 Å². The SMILES string of the molecule is CC/C=C\C/C=C\C/C=C\C/C=C\C/C=C\CCCCCCCCCCCCCCCCCCCCCCCCCC(=O)OC(COC(=O)CCCCCCC/C=C\CCCCCCCC)COP(=O)(O)OCC[N+](C)(C)C. The summed E-state index contributed by atoms with van der Waals surface area (Å²) in [5.74, 6) is -0.796. The van der Waals surface area contributed by atoms with Gasteiger partial charge >= 0.3 is 19.8 Å². The molecule has 9 nitrogen and oxygen atoms in total. The molecule has 0 spiro atoms. The summed E-state index contributed by atoms with van der Waals surface area (Å²) in [6, 6.07) is 0. The second-order valence-corrected chi connectivity index (χ2v) is 24.6. The first-order valence-electron chi connectivity index (χ1n) is 32.7. The fourth-order valence-electron chi connectivity index (χ4n) is 9.22. The maximum Gasteiger partial charge on any atom is 0.472 e. The van der Waals surface area contributed by atoms with E-state index in [1.165, 1.54) is 180 Å². The van der Waals surface area contributed by atoms with Crippen LogP contribution < -0.4 is 0 Å². The fraction of sp³-hybridized carbons (Fsp3) is 0.794. The molecule has 0 saturated heterocycles. The molecule has 0 radical (unpaired) electrons. The molecule has 0 aromatic heterocycles. The Hall–Kier alpha value is -2.55. The summed E-state index contributed by atoms with van der Waals surface area (Å²) < 4.78 is 34.6. The molecule has 0 aromatic rings. The number of phosphoric acid groups is 1. The van der Waals surface area contributed by atoms with Crippen molar-refractivity contribution < 1.29 is 42.1 Å². The molecular weight excluding hydrogens is 990 g/mol. The van der Waals surface area contributed by atoms with Crippen LogP contribution in [0.25, 0.3) is 0 Å². The van der Waals surface area contributed by atoms with Crippen LogP contribution in [0.3, 0.4) is 0 Å². The van der Waals surface area contributed by atoms with Crippen molar-refractivity contribution >= 4 is 19.8 Å². The lowest BCUT2D eigenvalue weighted by Crippen LogP contribution is -2.37. The molecule has 0 saturated carbocycles. The van der Waals surface area contributed by atoms with Gasteiger partial charge in [0.1, 0.15) is 19.8 Å². The van der Waals surface area contributed by atoms with E-state index >= 15 is 0 Å². The summed E-state index contributed by atoms with van der Waals surface area (Å²) in [7, 11) is 1.48. The number of quaternary nitrogens is 1. The molecule has 0 bridgehead atoms. The Morgan fingerprint density at radius 2 is 0.731 bits per heavy atom. The van der Waals surface area contributed by atoms with E-state index in [9.17, 15) is 19.0 Å². The van der Waals surface area contributed by atoms with Crippen LogP contribution in [0.2, 0.25) is 0 Å². The summed E-state index contributed by atoms with van der Waals surface area (Å²) >= 11 is 0. The lowest BCUT2D eigenvalue weighted by Gasteiger charge is -2.24. The van der Waals surface area contributed by atoms with Crippen LogP contribution in [0.5, 0.6) is 0 Å². The van der Waals surface area contributed by atoms with Crippen LogP contribution in [-0.4, -0.2) is 74.9 Å². The number of likely N-dealkylation sites (N-methyl/N-ethyl adjacent to an activating group) is 1. The number of nitrogens with zero attached hydrogens (tertiary/aromatic N) is 1. The first-order valence-corrected chi connectivity index (χ1v) is 34.2. The van der Waals surface area contributed by atoms with Gasteiger partial charge in [0.15, 0.2) is 6.10 Å². The number of carbonyl (C=O) groups excluding carboxylic acids is 2. The third-order valence-electron chi connectivity index (χ3n) is 14.2. The van der Waals surface area contributed by atoms with Crippen LogP contribution in [0.1, 0.15) is 296 Å². The zero-order chi connectivity index (χ0) is 57.0. The minimum atomic E-state index is -4.39.